The van der Waals surface area contributed by atoms with E-state index >= 15 is 0 Å². The molecule has 0 spiro atoms. The molecule has 0 amide bonds. The van der Waals surface area contributed by atoms with E-state index in [0.29, 0.717) is 17.7 Å². The Hall–Kier alpha value is -3.49. The molecule has 2 aliphatic rings. The second-order valence-electron chi connectivity index (χ2n) is 8.83. The number of H-pyrrole nitrogens is 1. The normalized spacial score (nSPS) is 22.6. The van der Waals surface area contributed by atoms with Gasteiger partial charge >= 0.3 is 5.97 Å². The van der Waals surface area contributed by atoms with Crippen LogP contribution in [-0.4, -0.2) is 33.5 Å². The lowest BCUT2D eigenvalue weighted by Gasteiger charge is -2.38. The number of hydrogen-bond donors (Lipinski definition) is 1. The highest BCUT2D eigenvalue weighted by atomic mass is 19.1. The van der Waals surface area contributed by atoms with Gasteiger partial charge < -0.3 is 4.74 Å². The molecule has 1 fully saturated rings. The maximum Gasteiger partial charge on any atom is 0.358 e. The van der Waals surface area contributed by atoms with Crippen LogP contribution in [0.25, 0.3) is 11.3 Å². The van der Waals surface area contributed by atoms with E-state index in [4.69, 9.17) is 4.74 Å². The number of fused-ring (bicyclic) bond motifs is 5. The summed E-state index contributed by atoms with van der Waals surface area (Å²) in [5.41, 5.74) is -0.0144. The summed E-state index contributed by atoms with van der Waals surface area (Å²) >= 11 is 0. The van der Waals surface area contributed by atoms with Gasteiger partial charge in [-0.1, -0.05) is 19.9 Å². The average Bonchev–Trinajstić information content (AvgIpc) is 3.14. The average molecular weight is 438 g/mol. The van der Waals surface area contributed by atoms with Crippen molar-refractivity contribution in [3.63, 3.8) is 0 Å². The molecule has 1 aromatic carbocycles. The van der Waals surface area contributed by atoms with Gasteiger partial charge in [0, 0.05) is 17.0 Å². The molecule has 164 valence electrons. The summed E-state index contributed by atoms with van der Waals surface area (Å²) in [6.45, 7) is 4.08. The van der Waals surface area contributed by atoms with Crippen molar-refractivity contribution in [3.8, 4) is 11.3 Å². The van der Waals surface area contributed by atoms with Gasteiger partial charge in [0.2, 0.25) is 0 Å². The highest BCUT2D eigenvalue weighted by molar-refractivity contribution is 5.89. The predicted octanol–water partition coefficient (Wildman–Crippen LogP) is 3.50. The van der Waals surface area contributed by atoms with Gasteiger partial charge in [-0.15, -0.1) is 5.10 Å². The summed E-state index contributed by atoms with van der Waals surface area (Å²) in [5.74, 6) is -2.12. The third-order valence-corrected chi connectivity index (χ3v) is 7.25. The van der Waals surface area contributed by atoms with E-state index in [-0.39, 0.29) is 22.9 Å². The molecule has 1 unspecified atom stereocenters. The lowest BCUT2D eigenvalue weighted by Crippen LogP contribution is -2.40. The van der Waals surface area contributed by atoms with E-state index in [9.17, 15) is 18.4 Å². The third kappa shape index (κ3) is 2.47. The van der Waals surface area contributed by atoms with Gasteiger partial charge in [-0.25, -0.2) is 18.7 Å². The first-order chi connectivity index (χ1) is 15.2. The Morgan fingerprint density at radius 1 is 1.19 bits per heavy atom. The van der Waals surface area contributed by atoms with Gasteiger partial charge in [0.25, 0.3) is 5.56 Å². The fraction of sp³-hybridized carbons (Fsp3) is 0.348. The topological polar surface area (TPSA) is 97.8 Å². The monoisotopic (exact) mass is 438 g/mol. The number of hydrogen-bond acceptors (Lipinski definition) is 6. The number of benzene rings is 1. The lowest BCUT2D eigenvalue weighted by molar-refractivity contribution is 0.0587. The van der Waals surface area contributed by atoms with Gasteiger partial charge in [0.05, 0.1) is 24.1 Å². The SMILES string of the molecule is COC(=O)c1n[nH]c(=O)cc1C12CC[C@@H](c3cc(-c4c(F)cccc4F)nnc31)C2(C)C. The lowest BCUT2D eigenvalue weighted by atomic mass is 9.64. The molecule has 32 heavy (non-hydrogen) atoms. The van der Waals surface area contributed by atoms with Crippen molar-refractivity contribution in [3.05, 3.63) is 74.8 Å². The Kier molecular flexibility index (Phi) is 4.31. The number of aromatic nitrogens is 4. The van der Waals surface area contributed by atoms with E-state index < -0.39 is 34.0 Å². The molecule has 1 N–H and O–H groups in total. The van der Waals surface area contributed by atoms with Crippen LogP contribution in [0.5, 0.6) is 0 Å². The number of methoxy groups -OCH3 is 1. The molecule has 2 aromatic heterocycles. The summed E-state index contributed by atoms with van der Waals surface area (Å²) in [4.78, 5) is 24.7. The van der Waals surface area contributed by atoms with Gasteiger partial charge in [0.15, 0.2) is 5.69 Å². The highest BCUT2D eigenvalue weighted by Gasteiger charge is 2.65. The Morgan fingerprint density at radius 3 is 2.59 bits per heavy atom. The number of nitrogens with one attached hydrogen (secondary N) is 1. The van der Waals surface area contributed by atoms with E-state index in [1.807, 2.05) is 13.8 Å². The standard InChI is InChI=1S/C23H20F2N4O3/c1-22(2)12-7-8-23(22,13-10-17(30)27-28-19(13)21(31)32-3)20-11(12)9-16(26-29-20)18-14(24)5-4-6-15(18)25/h4-6,9-10,12H,7-8H2,1-3H3,(H,27,30)/t12-,23?/m0/s1. The van der Waals surface area contributed by atoms with Gasteiger partial charge in [-0.05, 0) is 47.9 Å². The maximum absolute atomic E-state index is 14.4. The number of carbonyl (C=O) groups is 1. The molecule has 9 heteroatoms. The Morgan fingerprint density at radius 2 is 1.91 bits per heavy atom. The minimum absolute atomic E-state index is 0.00799. The number of rotatable bonds is 3. The second-order valence-corrected chi connectivity index (χ2v) is 8.83. The van der Waals surface area contributed by atoms with Crippen molar-refractivity contribution in [2.45, 2.75) is 38.0 Å². The van der Waals surface area contributed by atoms with Crippen molar-refractivity contribution < 1.29 is 18.3 Å². The van der Waals surface area contributed by atoms with E-state index in [2.05, 4.69) is 20.4 Å². The summed E-state index contributed by atoms with van der Waals surface area (Å²) in [7, 11) is 1.25. The van der Waals surface area contributed by atoms with Gasteiger partial charge in [-0.2, -0.15) is 10.2 Å². The number of carbonyl (C=O) groups excluding carboxylic acids is 1. The summed E-state index contributed by atoms with van der Waals surface area (Å²) in [6.07, 6.45) is 1.37. The number of halogens is 2. The molecular formula is C23H20F2N4O3. The molecule has 1 saturated carbocycles. The van der Waals surface area contributed by atoms with Crippen LogP contribution in [0.1, 0.15) is 59.9 Å². The number of ether oxygens (including phenoxy) is 1. The van der Waals surface area contributed by atoms with Crippen LogP contribution in [0.15, 0.2) is 35.1 Å². The van der Waals surface area contributed by atoms with Crippen LogP contribution in [0.4, 0.5) is 8.78 Å². The van der Waals surface area contributed by atoms with E-state index in [0.717, 1.165) is 12.0 Å². The number of nitrogens with zero attached hydrogens (tertiary/aromatic N) is 3. The molecule has 2 bridgehead atoms. The van der Waals surface area contributed by atoms with Gasteiger partial charge in [-0.3, -0.25) is 4.79 Å². The smallest absolute Gasteiger partial charge is 0.358 e. The first-order valence-electron chi connectivity index (χ1n) is 10.2. The van der Waals surface area contributed by atoms with Crippen molar-refractivity contribution in [1.29, 1.82) is 0 Å². The van der Waals surface area contributed by atoms with Crippen LogP contribution >= 0.6 is 0 Å². The molecule has 0 aliphatic heterocycles. The van der Waals surface area contributed by atoms with Crippen molar-refractivity contribution >= 4 is 5.97 Å². The van der Waals surface area contributed by atoms with Crippen molar-refractivity contribution in [1.82, 2.24) is 20.4 Å². The molecule has 2 atom stereocenters. The second kappa shape index (κ2) is 6.75. The van der Waals surface area contributed by atoms with E-state index in [1.54, 1.807) is 6.07 Å². The number of aromatic amines is 1. The Labute approximate surface area is 181 Å². The molecule has 5 rings (SSSR count). The minimum Gasteiger partial charge on any atom is -0.464 e. The molecule has 7 nitrogen and oxygen atoms in total. The molecule has 2 heterocycles. The molecule has 0 radical (unpaired) electrons. The zero-order valence-corrected chi connectivity index (χ0v) is 17.7. The molecule has 3 aromatic rings. The van der Waals surface area contributed by atoms with Crippen LogP contribution in [0.2, 0.25) is 0 Å². The summed E-state index contributed by atoms with van der Waals surface area (Å²) < 4.78 is 33.7. The molecular weight excluding hydrogens is 418 g/mol. The zero-order chi connectivity index (χ0) is 22.8. The van der Waals surface area contributed by atoms with Crippen LogP contribution in [0.3, 0.4) is 0 Å². The Balaban J connectivity index is 1.77. The fourth-order valence-electron chi connectivity index (χ4n) is 5.77. The van der Waals surface area contributed by atoms with Crippen molar-refractivity contribution in [2.75, 3.05) is 7.11 Å². The summed E-state index contributed by atoms with van der Waals surface area (Å²) in [6, 6.07) is 6.69. The zero-order valence-electron chi connectivity index (χ0n) is 17.7. The first-order valence-corrected chi connectivity index (χ1v) is 10.2. The highest BCUT2D eigenvalue weighted by Crippen LogP contribution is 2.69. The van der Waals surface area contributed by atoms with Crippen molar-refractivity contribution in [2.24, 2.45) is 5.41 Å². The van der Waals surface area contributed by atoms with Gasteiger partial charge in [0.1, 0.15) is 11.6 Å². The maximum atomic E-state index is 14.4. The molecule has 2 aliphatic carbocycles. The first kappa shape index (κ1) is 20.4. The quantitative estimate of drug-likeness (QED) is 0.629. The van der Waals surface area contributed by atoms with Crippen LogP contribution in [-0.2, 0) is 10.2 Å². The third-order valence-electron chi connectivity index (χ3n) is 7.25. The fourth-order valence-corrected chi connectivity index (χ4v) is 5.77. The van der Waals surface area contributed by atoms with Crippen LogP contribution < -0.4 is 5.56 Å². The molecule has 0 saturated heterocycles. The largest absolute Gasteiger partial charge is 0.464 e. The number of esters is 1. The summed E-state index contributed by atoms with van der Waals surface area (Å²) in [5, 5.41) is 14.9. The predicted molar refractivity (Wildman–Crippen MR) is 110 cm³/mol. The van der Waals surface area contributed by atoms with Crippen LogP contribution in [0, 0.1) is 17.0 Å². The minimum atomic E-state index is -0.822. The van der Waals surface area contributed by atoms with E-state index in [1.165, 1.54) is 31.4 Å². The Bertz CT molecular complexity index is 1320.